The van der Waals surface area contributed by atoms with Gasteiger partial charge in [0, 0.05) is 24.5 Å². The Kier molecular flexibility index (Phi) is 5.51. The van der Waals surface area contributed by atoms with E-state index >= 15 is 0 Å². The largest absolute Gasteiger partial charge is 0.497 e. The minimum atomic E-state index is -0.597. The van der Waals surface area contributed by atoms with Crippen LogP contribution in [0.2, 0.25) is 0 Å². The lowest BCUT2D eigenvalue weighted by molar-refractivity contribution is 0.100. The molecule has 27 heavy (non-hydrogen) atoms. The standard InChI is InChI=1S/C20H19FN4O2/c1-27-16-7-5-15(6-8-16)25-19-10-18(17(12-24-19)20(22)26)23-11-13-3-2-4-14(21)9-13/h2-10,12H,11H2,1H3,(H2,22,26)(H2,23,24,25). The van der Waals surface area contributed by atoms with Crippen LogP contribution in [0.25, 0.3) is 0 Å². The van der Waals surface area contributed by atoms with E-state index in [0.717, 1.165) is 17.0 Å². The fraction of sp³-hybridized carbons (Fsp3) is 0.100. The van der Waals surface area contributed by atoms with Gasteiger partial charge in [0.25, 0.3) is 5.91 Å². The number of ether oxygens (including phenoxy) is 1. The number of nitrogens with zero attached hydrogens (tertiary/aromatic N) is 1. The zero-order valence-electron chi connectivity index (χ0n) is 14.7. The molecule has 0 fully saturated rings. The molecular weight excluding hydrogens is 347 g/mol. The number of halogens is 1. The number of methoxy groups -OCH3 is 1. The lowest BCUT2D eigenvalue weighted by Gasteiger charge is -2.13. The average Bonchev–Trinajstić information content (AvgIpc) is 2.67. The Balaban J connectivity index is 1.80. The summed E-state index contributed by atoms with van der Waals surface area (Å²) in [5, 5.41) is 6.27. The van der Waals surface area contributed by atoms with Crippen LogP contribution in [0.15, 0.2) is 60.8 Å². The summed E-state index contributed by atoms with van der Waals surface area (Å²) in [5.74, 6) is 0.364. The van der Waals surface area contributed by atoms with Gasteiger partial charge in [-0.3, -0.25) is 4.79 Å². The molecule has 7 heteroatoms. The van der Waals surface area contributed by atoms with Gasteiger partial charge < -0.3 is 21.1 Å². The number of nitrogens with two attached hydrogens (primary N) is 1. The molecule has 0 bridgehead atoms. The maximum atomic E-state index is 13.3. The second-order valence-corrected chi connectivity index (χ2v) is 5.82. The van der Waals surface area contributed by atoms with E-state index in [0.29, 0.717) is 18.1 Å². The molecule has 0 atom stereocenters. The zero-order chi connectivity index (χ0) is 19.2. The highest BCUT2D eigenvalue weighted by Gasteiger charge is 2.11. The first-order valence-corrected chi connectivity index (χ1v) is 8.24. The number of benzene rings is 2. The third-order valence-corrected chi connectivity index (χ3v) is 3.90. The smallest absolute Gasteiger partial charge is 0.252 e. The van der Waals surface area contributed by atoms with E-state index in [-0.39, 0.29) is 11.4 Å². The predicted octanol–water partition coefficient (Wildman–Crippen LogP) is 3.68. The van der Waals surface area contributed by atoms with Crippen molar-refractivity contribution in [3.63, 3.8) is 0 Å². The summed E-state index contributed by atoms with van der Waals surface area (Å²) in [4.78, 5) is 15.9. The molecule has 1 aromatic heterocycles. The van der Waals surface area contributed by atoms with E-state index in [1.54, 1.807) is 25.3 Å². The number of nitrogens with one attached hydrogen (secondary N) is 2. The Bertz CT molecular complexity index is 945. The molecule has 1 amide bonds. The van der Waals surface area contributed by atoms with Crippen molar-refractivity contribution in [2.75, 3.05) is 17.7 Å². The summed E-state index contributed by atoms with van der Waals surface area (Å²) in [6, 6.07) is 15.2. The first-order valence-electron chi connectivity index (χ1n) is 8.24. The lowest BCUT2D eigenvalue weighted by Crippen LogP contribution is -2.15. The molecule has 138 valence electrons. The Morgan fingerprint density at radius 3 is 2.63 bits per heavy atom. The monoisotopic (exact) mass is 366 g/mol. The van der Waals surface area contributed by atoms with Gasteiger partial charge in [-0.1, -0.05) is 12.1 Å². The van der Waals surface area contributed by atoms with Crippen molar-refractivity contribution in [2.24, 2.45) is 5.73 Å². The van der Waals surface area contributed by atoms with Gasteiger partial charge in [-0.2, -0.15) is 0 Å². The summed E-state index contributed by atoms with van der Waals surface area (Å²) >= 11 is 0. The molecule has 0 radical (unpaired) electrons. The van der Waals surface area contributed by atoms with Crippen molar-refractivity contribution < 1.29 is 13.9 Å². The normalized spacial score (nSPS) is 10.3. The Labute approximate surface area is 156 Å². The van der Waals surface area contributed by atoms with Crippen molar-refractivity contribution in [1.82, 2.24) is 4.98 Å². The molecule has 0 saturated carbocycles. The lowest BCUT2D eigenvalue weighted by atomic mass is 10.2. The van der Waals surface area contributed by atoms with Crippen LogP contribution >= 0.6 is 0 Å². The Morgan fingerprint density at radius 1 is 1.19 bits per heavy atom. The number of carbonyl (C=O) groups is 1. The summed E-state index contributed by atoms with van der Waals surface area (Å²) in [6.45, 7) is 0.337. The highest BCUT2D eigenvalue weighted by Crippen LogP contribution is 2.23. The van der Waals surface area contributed by atoms with Crippen molar-refractivity contribution in [1.29, 1.82) is 0 Å². The molecule has 3 aromatic rings. The summed E-state index contributed by atoms with van der Waals surface area (Å²) in [6.07, 6.45) is 1.40. The summed E-state index contributed by atoms with van der Waals surface area (Å²) < 4.78 is 18.5. The Morgan fingerprint density at radius 2 is 1.96 bits per heavy atom. The van der Waals surface area contributed by atoms with Gasteiger partial charge in [0.2, 0.25) is 0 Å². The third-order valence-electron chi connectivity index (χ3n) is 3.90. The van der Waals surface area contributed by atoms with Gasteiger partial charge >= 0.3 is 0 Å². The number of hydrogen-bond donors (Lipinski definition) is 3. The second-order valence-electron chi connectivity index (χ2n) is 5.82. The molecule has 0 aliphatic heterocycles. The van der Waals surface area contributed by atoms with Crippen LogP contribution in [0.4, 0.5) is 21.6 Å². The highest BCUT2D eigenvalue weighted by atomic mass is 19.1. The minimum Gasteiger partial charge on any atom is -0.497 e. The van der Waals surface area contributed by atoms with E-state index in [9.17, 15) is 9.18 Å². The Hall–Kier alpha value is -3.61. The molecule has 0 unspecified atom stereocenters. The maximum Gasteiger partial charge on any atom is 0.252 e. The first-order chi connectivity index (χ1) is 13.0. The quantitative estimate of drug-likeness (QED) is 0.593. The number of primary amides is 1. The zero-order valence-corrected chi connectivity index (χ0v) is 14.7. The van der Waals surface area contributed by atoms with Crippen LogP contribution in [-0.2, 0) is 6.54 Å². The van der Waals surface area contributed by atoms with Gasteiger partial charge in [-0.25, -0.2) is 9.37 Å². The number of aromatic nitrogens is 1. The minimum absolute atomic E-state index is 0.256. The number of pyridine rings is 1. The fourth-order valence-electron chi connectivity index (χ4n) is 2.53. The number of rotatable bonds is 7. The van der Waals surface area contributed by atoms with Gasteiger partial charge in [-0.05, 0) is 42.0 Å². The highest BCUT2D eigenvalue weighted by molar-refractivity contribution is 5.98. The van der Waals surface area contributed by atoms with Crippen LogP contribution in [0.1, 0.15) is 15.9 Å². The van der Waals surface area contributed by atoms with Crippen LogP contribution in [0.3, 0.4) is 0 Å². The number of hydrogen-bond acceptors (Lipinski definition) is 5. The molecular formula is C20H19FN4O2. The third kappa shape index (κ3) is 4.72. The van der Waals surface area contributed by atoms with E-state index in [4.69, 9.17) is 10.5 Å². The van der Waals surface area contributed by atoms with E-state index < -0.39 is 5.91 Å². The maximum absolute atomic E-state index is 13.3. The topological polar surface area (TPSA) is 89.3 Å². The predicted molar refractivity (Wildman–Crippen MR) is 103 cm³/mol. The van der Waals surface area contributed by atoms with Crippen molar-refractivity contribution in [3.05, 3.63) is 77.7 Å². The summed E-state index contributed by atoms with van der Waals surface area (Å²) in [7, 11) is 1.60. The van der Waals surface area contributed by atoms with Crippen LogP contribution in [0, 0.1) is 5.82 Å². The SMILES string of the molecule is COc1ccc(Nc2cc(NCc3cccc(F)c3)c(C(N)=O)cn2)cc1. The molecule has 2 aromatic carbocycles. The fourth-order valence-corrected chi connectivity index (χ4v) is 2.53. The van der Waals surface area contributed by atoms with Gasteiger partial charge in [0.05, 0.1) is 18.4 Å². The van der Waals surface area contributed by atoms with Crippen molar-refractivity contribution in [2.45, 2.75) is 6.54 Å². The molecule has 3 rings (SSSR count). The molecule has 0 saturated heterocycles. The molecule has 0 spiro atoms. The van der Waals surface area contributed by atoms with Gasteiger partial charge in [0.15, 0.2) is 0 Å². The van der Waals surface area contributed by atoms with Crippen LogP contribution in [-0.4, -0.2) is 18.0 Å². The molecule has 4 N–H and O–H groups in total. The van der Waals surface area contributed by atoms with Gasteiger partial charge in [-0.15, -0.1) is 0 Å². The van der Waals surface area contributed by atoms with E-state index in [1.807, 2.05) is 24.3 Å². The van der Waals surface area contributed by atoms with Crippen LogP contribution in [0.5, 0.6) is 5.75 Å². The van der Waals surface area contributed by atoms with E-state index in [2.05, 4.69) is 15.6 Å². The van der Waals surface area contributed by atoms with E-state index in [1.165, 1.54) is 18.3 Å². The molecule has 6 nitrogen and oxygen atoms in total. The molecule has 0 aliphatic carbocycles. The molecule has 1 heterocycles. The van der Waals surface area contributed by atoms with Gasteiger partial charge in [0.1, 0.15) is 17.4 Å². The summed E-state index contributed by atoms with van der Waals surface area (Å²) in [5.41, 5.74) is 7.75. The number of amides is 1. The van der Waals surface area contributed by atoms with Crippen LogP contribution < -0.4 is 21.1 Å². The first kappa shape index (κ1) is 18.2. The number of carbonyl (C=O) groups excluding carboxylic acids is 1. The number of anilines is 3. The molecule has 0 aliphatic rings. The second kappa shape index (κ2) is 8.18. The van der Waals surface area contributed by atoms with Crippen molar-refractivity contribution >= 4 is 23.1 Å². The van der Waals surface area contributed by atoms with Crippen molar-refractivity contribution in [3.8, 4) is 5.75 Å². The average molecular weight is 366 g/mol.